The van der Waals surface area contributed by atoms with Crippen molar-refractivity contribution in [2.75, 3.05) is 0 Å². The predicted molar refractivity (Wildman–Crippen MR) is 83.2 cm³/mol. The average molecular weight is 336 g/mol. The molecular formula is C14H11Cl2N5O. The molecule has 112 valence electrons. The van der Waals surface area contributed by atoms with Crippen molar-refractivity contribution in [3.63, 3.8) is 0 Å². The first-order valence-electron chi connectivity index (χ1n) is 6.45. The summed E-state index contributed by atoms with van der Waals surface area (Å²) in [6, 6.07) is 6.89. The van der Waals surface area contributed by atoms with Gasteiger partial charge in [0.05, 0.1) is 0 Å². The van der Waals surface area contributed by atoms with Gasteiger partial charge in [0.2, 0.25) is 5.82 Å². The van der Waals surface area contributed by atoms with Gasteiger partial charge in [-0.25, -0.2) is 9.50 Å². The molecular weight excluding hydrogens is 325 g/mol. The van der Waals surface area contributed by atoms with Gasteiger partial charge in [0.15, 0.2) is 0 Å². The number of rotatable bonds is 3. The molecule has 2 heterocycles. The molecule has 0 aliphatic heterocycles. The van der Waals surface area contributed by atoms with Crippen LogP contribution in [0.3, 0.4) is 0 Å². The lowest BCUT2D eigenvalue weighted by Gasteiger charge is -2.05. The topological polar surface area (TPSA) is 72.2 Å². The third-order valence-electron chi connectivity index (χ3n) is 3.09. The fourth-order valence-electron chi connectivity index (χ4n) is 1.92. The summed E-state index contributed by atoms with van der Waals surface area (Å²) in [6.45, 7) is 2.12. The van der Waals surface area contributed by atoms with E-state index in [1.165, 1.54) is 4.52 Å². The van der Waals surface area contributed by atoms with Gasteiger partial charge in [0.1, 0.15) is 0 Å². The number of hydrogen-bond donors (Lipinski definition) is 1. The van der Waals surface area contributed by atoms with Gasteiger partial charge in [0.25, 0.3) is 11.7 Å². The third kappa shape index (κ3) is 2.88. The second-order valence-electron chi connectivity index (χ2n) is 4.65. The fraction of sp³-hybridized carbons (Fsp3) is 0.143. The van der Waals surface area contributed by atoms with Crippen molar-refractivity contribution >= 4 is 34.9 Å². The van der Waals surface area contributed by atoms with Crippen LogP contribution in [0.5, 0.6) is 0 Å². The molecule has 3 rings (SSSR count). The van der Waals surface area contributed by atoms with Crippen LogP contribution in [0.25, 0.3) is 5.78 Å². The van der Waals surface area contributed by atoms with Crippen LogP contribution in [0.15, 0.2) is 30.5 Å². The molecule has 0 saturated heterocycles. The molecule has 0 aliphatic carbocycles. The molecule has 1 amide bonds. The Balaban J connectivity index is 1.77. The number of hydrogen-bond acceptors (Lipinski definition) is 4. The van der Waals surface area contributed by atoms with Crippen molar-refractivity contribution in [3.8, 4) is 0 Å². The van der Waals surface area contributed by atoms with E-state index in [2.05, 4.69) is 20.4 Å². The molecule has 0 bridgehead atoms. The molecule has 0 unspecified atom stereocenters. The summed E-state index contributed by atoms with van der Waals surface area (Å²) in [4.78, 5) is 20.3. The number of aryl methyl sites for hydroxylation is 1. The van der Waals surface area contributed by atoms with Crippen LogP contribution in [0.1, 0.15) is 21.9 Å². The Morgan fingerprint density at radius 1 is 1.32 bits per heavy atom. The third-order valence-corrected chi connectivity index (χ3v) is 3.67. The van der Waals surface area contributed by atoms with Gasteiger partial charge >= 0.3 is 0 Å². The highest BCUT2D eigenvalue weighted by atomic mass is 35.5. The molecule has 0 radical (unpaired) electrons. The molecule has 22 heavy (non-hydrogen) atoms. The first-order chi connectivity index (χ1) is 10.5. The molecule has 0 fully saturated rings. The zero-order valence-electron chi connectivity index (χ0n) is 11.5. The van der Waals surface area contributed by atoms with Crippen molar-refractivity contribution in [3.05, 3.63) is 57.6 Å². The van der Waals surface area contributed by atoms with Gasteiger partial charge in [0, 0.05) is 28.5 Å². The Bertz CT molecular complexity index is 862. The maximum absolute atomic E-state index is 12.1. The zero-order chi connectivity index (χ0) is 15.7. The second-order valence-corrected chi connectivity index (χ2v) is 5.50. The summed E-state index contributed by atoms with van der Waals surface area (Å²) in [5.41, 5.74) is 1.61. The predicted octanol–water partition coefficient (Wildman–Crippen LogP) is 2.67. The first kappa shape index (κ1) is 14.7. The van der Waals surface area contributed by atoms with E-state index < -0.39 is 5.91 Å². The zero-order valence-corrected chi connectivity index (χ0v) is 13.1. The van der Waals surface area contributed by atoms with Gasteiger partial charge < -0.3 is 5.32 Å². The Labute approximate surface area is 136 Å². The summed E-state index contributed by atoms with van der Waals surface area (Å²) < 4.78 is 1.52. The molecule has 1 N–H and O–H groups in total. The van der Waals surface area contributed by atoms with Crippen LogP contribution < -0.4 is 5.32 Å². The Morgan fingerprint density at radius 3 is 2.86 bits per heavy atom. The van der Waals surface area contributed by atoms with Gasteiger partial charge in [-0.3, -0.25) is 4.79 Å². The Kier molecular flexibility index (Phi) is 3.96. The number of aromatic nitrogens is 4. The summed E-state index contributed by atoms with van der Waals surface area (Å²) >= 11 is 11.9. The quantitative estimate of drug-likeness (QED) is 0.798. The highest BCUT2D eigenvalue weighted by molar-refractivity contribution is 6.35. The standard InChI is InChI=1S/C14H11Cl2N5O/c1-8-4-5-17-14-19-12(20-21(8)14)13(22)18-7-9-2-3-10(15)6-11(9)16/h2-6H,7H2,1H3,(H,18,22). The van der Waals surface area contributed by atoms with E-state index in [1.54, 1.807) is 30.5 Å². The number of benzene rings is 1. The second kappa shape index (κ2) is 5.90. The molecule has 6 nitrogen and oxygen atoms in total. The van der Waals surface area contributed by atoms with E-state index in [1.807, 2.05) is 6.92 Å². The number of carbonyl (C=O) groups is 1. The Morgan fingerprint density at radius 2 is 2.14 bits per heavy atom. The maximum Gasteiger partial charge on any atom is 0.291 e. The van der Waals surface area contributed by atoms with Crippen LogP contribution in [0, 0.1) is 6.92 Å². The van der Waals surface area contributed by atoms with Gasteiger partial charge in [-0.2, -0.15) is 4.98 Å². The number of halogens is 2. The van der Waals surface area contributed by atoms with Crippen LogP contribution >= 0.6 is 23.2 Å². The van der Waals surface area contributed by atoms with E-state index in [-0.39, 0.29) is 12.4 Å². The minimum atomic E-state index is -0.393. The highest BCUT2D eigenvalue weighted by Crippen LogP contribution is 2.20. The van der Waals surface area contributed by atoms with Gasteiger partial charge in [-0.1, -0.05) is 29.3 Å². The lowest BCUT2D eigenvalue weighted by Crippen LogP contribution is -2.24. The lowest BCUT2D eigenvalue weighted by molar-refractivity contribution is 0.0941. The normalized spacial score (nSPS) is 10.9. The molecule has 3 aromatic rings. The van der Waals surface area contributed by atoms with Crippen molar-refractivity contribution in [2.24, 2.45) is 0 Å². The van der Waals surface area contributed by atoms with Crippen molar-refractivity contribution in [2.45, 2.75) is 13.5 Å². The van der Waals surface area contributed by atoms with E-state index >= 15 is 0 Å². The summed E-state index contributed by atoms with van der Waals surface area (Å²) in [7, 11) is 0. The number of amides is 1. The van der Waals surface area contributed by atoms with Crippen molar-refractivity contribution < 1.29 is 4.79 Å². The lowest BCUT2D eigenvalue weighted by atomic mass is 10.2. The molecule has 0 saturated carbocycles. The largest absolute Gasteiger partial charge is 0.345 e. The molecule has 0 atom stereocenters. The average Bonchev–Trinajstić information content (AvgIpc) is 2.92. The molecule has 0 aliphatic rings. The van der Waals surface area contributed by atoms with Crippen LogP contribution in [0.2, 0.25) is 10.0 Å². The highest BCUT2D eigenvalue weighted by Gasteiger charge is 2.14. The minimum absolute atomic E-state index is 0.0619. The van der Waals surface area contributed by atoms with Crippen LogP contribution in [-0.2, 0) is 6.54 Å². The van der Waals surface area contributed by atoms with Crippen molar-refractivity contribution in [1.82, 2.24) is 24.9 Å². The van der Waals surface area contributed by atoms with Gasteiger partial charge in [-0.15, -0.1) is 5.10 Å². The summed E-state index contributed by atoms with van der Waals surface area (Å²) in [5.74, 6) is 0.0532. The number of fused-ring (bicyclic) bond motifs is 1. The SMILES string of the molecule is Cc1ccnc2nc(C(=O)NCc3ccc(Cl)cc3Cl)nn12. The number of carbonyl (C=O) groups excluding carboxylic acids is 1. The van der Waals surface area contributed by atoms with E-state index in [0.717, 1.165) is 11.3 Å². The number of nitrogens with one attached hydrogen (secondary N) is 1. The minimum Gasteiger partial charge on any atom is -0.345 e. The fourth-order valence-corrected chi connectivity index (χ4v) is 2.40. The van der Waals surface area contributed by atoms with E-state index in [0.29, 0.717) is 15.8 Å². The summed E-state index contributed by atoms with van der Waals surface area (Å²) in [6.07, 6.45) is 1.62. The monoisotopic (exact) mass is 335 g/mol. The first-order valence-corrected chi connectivity index (χ1v) is 7.21. The van der Waals surface area contributed by atoms with E-state index in [9.17, 15) is 4.79 Å². The number of nitrogens with zero attached hydrogens (tertiary/aromatic N) is 4. The Hall–Kier alpha value is -2.18. The van der Waals surface area contributed by atoms with Crippen LogP contribution in [0.4, 0.5) is 0 Å². The molecule has 8 heteroatoms. The van der Waals surface area contributed by atoms with Gasteiger partial charge in [-0.05, 0) is 30.7 Å². The smallest absolute Gasteiger partial charge is 0.291 e. The molecule has 0 spiro atoms. The molecule has 1 aromatic carbocycles. The molecule has 2 aromatic heterocycles. The maximum atomic E-state index is 12.1. The van der Waals surface area contributed by atoms with Crippen LogP contribution in [-0.4, -0.2) is 25.5 Å². The van der Waals surface area contributed by atoms with E-state index in [4.69, 9.17) is 23.2 Å². The summed E-state index contributed by atoms with van der Waals surface area (Å²) in [5, 5.41) is 7.90. The van der Waals surface area contributed by atoms with Crippen molar-refractivity contribution in [1.29, 1.82) is 0 Å².